The summed E-state index contributed by atoms with van der Waals surface area (Å²) in [5, 5.41) is 9.02. The van der Waals surface area contributed by atoms with Gasteiger partial charge in [0, 0.05) is 16.9 Å². The Hall–Kier alpha value is -2.70. The number of carbonyl (C=O) groups is 3. The maximum Gasteiger partial charge on any atom is 0.329 e. The highest BCUT2D eigenvalue weighted by Gasteiger charge is 2.19. The van der Waals surface area contributed by atoms with E-state index in [4.69, 9.17) is 0 Å². The second-order valence-corrected chi connectivity index (χ2v) is 6.58. The molecule has 0 bridgehead atoms. The lowest BCUT2D eigenvalue weighted by Crippen LogP contribution is -2.47. The molecule has 0 saturated heterocycles. The number of carbonyl (C=O) groups excluding carboxylic acids is 3. The number of aryl methyl sites for hydroxylation is 1. The molecule has 1 rings (SSSR count). The molecule has 1 aromatic rings. The Morgan fingerprint density at radius 1 is 1.04 bits per heavy atom. The molecule has 7 heteroatoms. The van der Waals surface area contributed by atoms with E-state index in [1.165, 1.54) is 0 Å². The number of hydrazone groups is 1. The Balaban J connectivity index is 2.48. The third-order valence-electron chi connectivity index (χ3n) is 2.79. The molecule has 0 atom stereocenters. The van der Waals surface area contributed by atoms with Crippen molar-refractivity contribution in [2.45, 2.75) is 46.6 Å². The maximum atomic E-state index is 11.9. The van der Waals surface area contributed by atoms with Gasteiger partial charge in [-0.25, -0.2) is 5.43 Å². The van der Waals surface area contributed by atoms with Gasteiger partial charge in [-0.05, 0) is 46.8 Å². The number of benzene rings is 1. The van der Waals surface area contributed by atoms with E-state index in [1.54, 1.807) is 39.8 Å². The fraction of sp³-hybridized carbons (Fsp3) is 0.412. The van der Waals surface area contributed by atoms with Crippen molar-refractivity contribution in [1.29, 1.82) is 0 Å². The average Bonchev–Trinajstić information content (AvgIpc) is 2.45. The van der Waals surface area contributed by atoms with Gasteiger partial charge in [0.15, 0.2) is 0 Å². The van der Waals surface area contributed by atoms with Crippen LogP contribution in [0.25, 0.3) is 0 Å². The van der Waals surface area contributed by atoms with Gasteiger partial charge in [-0.2, -0.15) is 5.10 Å². The monoisotopic (exact) mass is 332 g/mol. The molecular formula is C17H24N4O3. The largest absolute Gasteiger partial charge is 0.343 e. The molecule has 1 aromatic carbocycles. The summed E-state index contributed by atoms with van der Waals surface area (Å²) < 4.78 is 0. The number of hydrogen-bond acceptors (Lipinski definition) is 4. The van der Waals surface area contributed by atoms with Crippen LogP contribution in [0.5, 0.6) is 0 Å². The first-order chi connectivity index (χ1) is 11.1. The predicted octanol–water partition coefficient (Wildman–Crippen LogP) is 1.73. The fourth-order valence-corrected chi connectivity index (χ4v) is 1.71. The molecule has 130 valence electrons. The summed E-state index contributed by atoms with van der Waals surface area (Å²) in [6.45, 7) is 8.85. The third-order valence-corrected chi connectivity index (χ3v) is 2.79. The summed E-state index contributed by atoms with van der Waals surface area (Å²) in [6.07, 6.45) is 0.00897. The average molecular weight is 332 g/mol. The van der Waals surface area contributed by atoms with E-state index in [-0.39, 0.29) is 12.3 Å². The molecule has 0 saturated carbocycles. The van der Waals surface area contributed by atoms with E-state index < -0.39 is 17.4 Å². The molecule has 0 radical (unpaired) electrons. The minimum absolute atomic E-state index is 0.00897. The highest BCUT2D eigenvalue weighted by Crippen LogP contribution is 2.08. The van der Waals surface area contributed by atoms with Crippen LogP contribution in [0.3, 0.4) is 0 Å². The topological polar surface area (TPSA) is 99.7 Å². The highest BCUT2D eigenvalue weighted by atomic mass is 16.2. The molecule has 0 aliphatic rings. The smallest absolute Gasteiger partial charge is 0.329 e. The quantitative estimate of drug-likeness (QED) is 0.445. The Bertz CT molecular complexity index is 643. The van der Waals surface area contributed by atoms with Crippen LogP contribution in [0.2, 0.25) is 0 Å². The van der Waals surface area contributed by atoms with Crippen LogP contribution in [-0.4, -0.2) is 29.0 Å². The molecule has 0 fully saturated rings. The van der Waals surface area contributed by atoms with E-state index in [1.807, 2.05) is 19.1 Å². The number of nitrogens with zero attached hydrogens (tertiary/aromatic N) is 1. The molecule has 0 aromatic heterocycles. The van der Waals surface area contributed by atoms with Crippen LogP contribution < -0.4 is 16.1 Å². The van der Waals surface area contributed by atoms with Gasteiger partial charge in [0.25, 0.3) is 0 Å². The van der Waals surface area contributed by atoms with Gasteiger partial charge in [0.1, 0.15) is 0 Å². The number of amides is 3. The van der Waals surface area contributed by atoms with Crippen LogP contribution in [0.1, 0.15) is 39.7 Å². The summed E-state index contributed by atoms with van der Waals surface area (Å²) in [4.78, 5) is 35.1. The van der Waals surface area contributed by atoms with Gasteiger partial charge in [0.2, 0.25) is 5.91 Å². The van der Waals surface area contributed by atoms with Gasteiger partial charge in [-0.1, -0.05) is 17.7 Å². The Morgan fingerprint density at radius 2 is 1.62 bits per heavy atom. The van der Waals surface area contributed by atoms with Crippen molar-refractivity contribution >= 4 is 29.1 Å². The van der Waals surface area contributed by atoms with Crippen molar-refractivity contribution in [3.8, 4) is 0 Å². The SMILES string of the molecule is C/C(CC(=O)Nc1ccc(C)cc1)=N/NC(=O)C(=O)NC(C)(C)C. The molecule has 0 unspecified atom stereocenters. The first kappa shape index (κ1) is 19.3. The first-order valence-electron chi connectivity index (χ1n) is 7.59. The van der Waals surface area contributed by atoms with Crippen molar-refractivity contribution in [3.63, 3.8) is 0 Å². The predicted molar refractivity (Wildman–Crippen MR) is 93.6 cm³/mol. The van der Waals surface area contributed by atoms with Gasteiger partial charge < -0.3 is 10.6 Å². The zero-order valence-corrected chi connectivity index (χ0v) is 14.7. The Morgan fingerprint density at radius 3 is 2.17 bits per heavy atom. The minimum Gasteiger partial charge on any atom is -0.343 e. The molecule has 0 aliphatic heterocycles. The second-order valence-electron chi connectivity index (χ2n) is 6.58. The lowest BCUT2D eigenvalue weighted by atomic mass is 10.1. The molecule has 0 aliphatic carbocycles. The Labute approximate surface area is 141 Å². The zero-order chi connectivity index (χ0) is 18.3. The summed E-state index contributed by atoms with van der Waals surface area (Å²) in [6, 6.07) is 7.39. The van der Waals surface area contributed by atoms with Crippen molar-refractivity contribution < 1.29 is 14.4 Å². The van der Waals surface area contributed by atoms with Crippen molar-refractivity contribution in [2.24, 2.45) is 5.10 Å². The van der Waals surface area contributed by atoms with Crippen LogP contribution in [-0.2, 0) is 14.4 Å². The number of nitrogens with one attached hydrogen (secondary N) is 3. The molecule has 7 nitrogen and oxygen atoms in total. The van der Waals surface area contributed by atoms with E-state index in [0.29, 0.717) is 11.4 Å². The number of anilines is 1. The number of hydrogen-bond donors (Lipinski definition) is 3. The van der Waals surface area contributed by atoms with Crippen LogP contribution in [0.4, 0.5) is 5.69 Å². The lowest BCUT2D eigenvalue weighted by molar-refractivity contribution is -0.140. The van der Waals surface area contributed by atoms with Crippen molar-refractivity contribution in [3.05, 3.63) is 29.8 Å². The zero-order valence-electron chi connectivity index (χ0n) is 14.7. The van der Waals surface area contributed by atoms with Gasteiger partial charge in [-0.15, -0.1) is 0 Å². The molecular weight excluding hydrogens is 308 g/mol. The molecule has 0 heterocycles. The van der Waals surface area contributed by atoms with Crippen molar-refractivity contribution in [2.75, 3.05) is 5.32 Å². The summed E-state index contributed by atoms with van der Waals surface area (Å²) in [7, 11) is 0. The van der Waals surface area contributed by atoms with Gasteiger partial charge >= 0.3 is 11.8 Å². The Kier molecular flexibility index (Phi) is 6.64. The molecule has 3 amide bonds. The van der Waals surface area contributed by atoms with Crippen LogP contribution >= 0.6 is 0 Å². The van der Waals surface area contributed by atoms with E-state index >= 15 is 0 Å². The maximum absolute atomic E-state index is 11.9. The van der Waals surface area contributed by atoms with E-state index in [0.717, 1.165) is 5.56 Å². The third kappa shape index (κ3) is 7.53. The van der Waals surface area contributed by atoms with Crippen molar-refractivity contribution in [1.82, 2.24) is 10.7 Å². The number of rotatable bonds is 4. The van der Waals surface area contributed by atoms with E-state index in [9.17, 15) is 14.4 Å². The fourth-order valence-electron chi connectivity index (χ4n) is 1.71. The highest BCUT2D eigenvalue weighted by molar-refractivity contribution is 6.35. The molecule has 0 spiro atoms. The normalized spacial score (nSPS) is 11.6. The first-order valence-corrected chi connectivity index (χ1v) is 7.59. The van der Waals surface area contributed by atoms with Crippen LogP contribution in [0, 0.1) is 6.92 Å². The van der Waals surface area contributed by atoms with E-state index in [2.05, 4.69) is 21.2 Å². The van der Waals surface area contributed by atoms with Crippen LogP contribution in [0.15, 0.2) is 29.4 Å². The minimum atomic E-state index is -0.872. The standard InChI is InChI=1S/C17H24N4O3/c1-11-6-8-13(9-7-11)18-14(22)10-12(2)20-21-16(24)15(23)19-17(3,4)5/h6-9H,10H2,1-5H3,(H,18,22)(H,19,23)(H,21,24)/b20-12-. The molecule has 24 heavy (non-hydrogen) atoms. The molecule has 3 N–H and O–H groups in total. The van der Waals surface area contributed by atoms with Gasteiger partial charge in [-0.3, -0.25) is 14.4 Å². The second kappa shape index (κ2) is 8.24. The lowest BCUT2D eigenvalue weighted by Gasteiger charge is -2.19. The van der Waals surface area contributed by atoms with Gasteiger partial charge in [0.05, 0.1) is 6.42 Å². The summed E-state index contributed by atoms with van der Waals surface area (Å²) in [5.74, 6) is -1.90. The summed E-state index contributed by atoms with van der Waals surface area (Å²) >= 11 is 0. The summed E-state index contributed by atoms with van der Waals surface area (Å²) in [5.41, 5.74) is 3.80.